The summed E-state index contributed by atoms with van der Waals surface area (Å²) < 4.78 is 45.8. The Hall–Kier alpha value is -3.04. The maximum Gasteiger partial charge on any atom is 0.356 e. The summed E-state index contributed by atoms with van der Waals surface area (Å²) in [6, 6.07) is 12.0. The molecule has 1 atom stereocenters. The molecule has 0 aliphatic heterocycles. The third-order valence-corrected chi connectivity index (χ3v) is 6.94. The third-order valence-electron chi connectivity index (χ3n) is 5.89. The van der Waals surface area contributed by atoms with Gasteiger partial charge < -0.3 is 9.30 Å². The standard InChI is InChI=1S/C27H34FN3O4S/c1-7-11-24-29-22(8-2)25(26(32)35-6)30(24)17-19-15-14-18(16-21(19)28)20-12-9-10-13-23(20)31(36(33)34)27(3,4)5/h9-10,12-16H,7-8,11,17H2,1-6H3,(H,33,34). The van der Waals surface area contributed by atoms with Crippen molar-refractivity contribution in [3.05, 3.63) is 71.1 Å². The molecule has 1 unspecified atom stereocenters. The fraction of sp³-hybridized carbons (Fsp3) is 0.407. The minimum absolute atomic E-state index is 0.134. The Balaban J connectivity index is 2.07. The normalized spacial score (nSPS) is 12.4. The van der Waals surface area contributed by atoms with Gasteiger partial charge in [0.15, 0.2) is 5.69 Å². The molecule has 0 bridgehead atoms. The van der Waals surface area contributed by atoms with Gasteiger partial charge in [-0.3, -0.25) is 8.86 Å². The Labute approximate surface area is 214 Å². The number of rotatable bonds is 9. The highest BCUT2D eigenvalue weighted by molar-refractivity contribution is 7.80. The number of hydrogen-bond donors (Lipinski definition) is 1. The number of esters is 1. The topological polar surface area (TPSA) is 84.7 Å². The highest BCUT2D eigenvalue weighted by Gasteiger charge is 2.29. The number of aromatic nitrogens is 2. The molecule has 1 aromatic heterocycles. The molecule has 194 valence electrons. The van der Waals surface area contributed by atoms with E-state index in [0.717, 1.165) is 12.2 Å². The van der Waals surface area contributed by atoms with E-state index in [-0.39, 0.29) is 6.54 Å². The second-order valence-corrected chi connectivity index (χ2v) is 10.4. The van der Waals surface area contributed by atoms with Gasteiger partial charge in [0, 0.05) is 23.1 Å². The van der Waals surface area contributed by atoms with Crippen LogP contribution in [0.5, 0.6) is 0 Å². The van der Waals surface area contributed by atoms with Gasteiger partial charge in [-0.05, 0) is 51.3 Å². The van der Waals surface area contributed by atoms with Crippen molar-refractivity contribution in [2.45, 2.75) is 66.0 Å². The Kier molecular flexibility index (Phi) is 8.68. The summed E-state index contributed by atoms with van der Waals surface area (Å²) >= 11 is -2.27. The van der Waals surface area contributed by atoms with Gasteiger partial charge in [-0.1, -0.05) is 44.2 Å². The fourth-order valence-corrected chi connectivity index (χ4v) is 5.09. The van der Waals surface area contributed by atoms with Crippen LogP contribution in [0, 0.1) is 5.82 Å². The quantitative estimate of drug-likeness (QED) is 0.288. The summed E-state index contributed by atoms with van der Waals surface area (Å²) in [6.07, 6.45) is 2.04. The molecule has 3 rings (SSSR count). The van der Waals surface area contributed by atoms with Crippen molar-refractivity contribution in [1.82, 2.24) is 9.55 Å². The molecule has 0 amide bonds. The molecule has 7 nitrogen and oxygen atoms in total. The lowest BCUT2D eigenvalue weighted by Crippen LogP contribution is -2.42. The molecule has 2 aromatic carbocycles. The van der Waals surface area contributed by atoms with Crippen molar-refractivity contribution in [1.29, 1.82) is 0 Å². The highest BCUT2D eigenvalue weighted by Crippen LogP contribution is 2.36. The number of methoxy groups -OCH3 is 1. The number of anilines is 1. The lowest BCUT2D eigenvalue weighted by Gasteiger charge is -2.35. The van der Waals surface area contributed by atoms with Crippen LogP contribution >= 0.6 is 0 Å². The largest absolute Gasteiger partial charge is 0.464 e. The van der Waals surface area contributed by atoms with Crippen LogP contribution in [0.4, 0.5) is 10.1 Å². The molecule has 0 radical (unpaired) electrons. The smallest absolute Gasteiger partial charge is 0.356 e. The Bertz CT molecular complexity index is 1270. The van der Waals surface area contributed by atoms with Crippen LogP contribution in [-0.4, -0.2) is 36.9 Å². The van der Waals surface area contributed by atoms with Gasteiger partial charge in [-0.2, -0.15) is 0 Å². The lowest BCUT2D eigenvalue weighted by molar-refractivity contribution is 0.0587. The van der Waals surface area contributed by atoms with Crippen molar-refractivity contribution in [3.8, 4) is 11.1 Å². The SMILES string of the molecule is CCCc1nc(CC)c(C(=O)OC)n1Cc1ccc(-c2ccccc2N(S(=O)O)C(C)(C)C)cc1F. The van der Waals surface area contributed by atoms with E-state index in [4.69, 9.17) is 4.74 Å². The molecule has 1 N–H and O–H groups in total. The van der Waals surface area contributed by atoms with E-state index in [0.29, 0.717) is 46.6 Å². The Morgan fingerprint density at radius 3 is 2.44 bits per heavy atom. The Morgan fingerprint density at radius 2 is 1.89 bits per heavy atom. The van der Waals surface area contributed by atoms with Gasteiger partial charge in [0.25, 0.3) is 11.3 Å². The first-order valence-electron chi connectivity index (χ1n) is 12.0. The van der Waals surface area contributed by atoms with Gasteiger partial charge in [0.1, 0.15) is 11.6 Å². The van der Waals surface area contributed by atoms with Crippen LogP contribution in [-0.2, 0) is 35.4 Å². The van der Waals surface area contributed by atoms with E-state index in [1.165, 1.54) is 17.5 Å². The molecular formula is C27H34FN3O4S. The molecule has 0 saturated carbocycles. The first kappa shape index (κ1) is 27.5. The average Bonchev–Trinajstić information content (AvgIpc) is 3.16. The number of para-hydroxylation sites is 1. The van der Waals surface area contributed by atoms with Crippen LogP contribution in [0.25, 0.3) is 11.1 Å². The van der Waals surface area contributed by atoms with Gasteiger partial charge in [-0.25, -0.2) is 18.4 Å². The third kappa shape index (κ3) is 5.68. The summed E-state index contributed by atoms with van der Waals surface area (Å²) in [5, 5.41) is 0. The van der Waals surface area contributed by atoms with E-state index in [1.807, 2.05) is 40.7 Å². The maximum atomic E-state index is 15.5. The van der Waals surface area contributed by atoms with Gasteiger partial charge in [0.05, 0.1) is 25.0 Å². The summed E-state index contributed by atoms with van der Waals surface area (Å²) in [6.45, 7) is 9.59. The number of aryl methyl sites for hydroxylation is 2. The van der Waals surface area contributed by atoms with E-state index in [1.54, 1.807) is 34.9 Å². The monoisotopic (exact) mass is 515 g/mol. The molecule has 0 spiro atoms. The summed E-state index contributed by atoms with van der Waals surface area (Å²) in [4.78, 5) is 17.2. The molecule has 0 aliphatic carbocycles. The number of imidazole rings is 1. The second kappa shape index (κ2) is 11.3. The first-order chi connectivity index (χ1) is 17.0. The van der Waals surface area contributed by atoms with Crippen LogP contribution < -0.4 is 4.31 Å². The first-order valence-corrected chi connectivity index (χ1v) is 13.0. The second-order valence-electron chi connectivity index (χ2n) is 9.52. The van der Waals surface area contributed by atoms with Gasteiger partial charge in [-0.15, -0.1) is 0 Å². The van der Waals surface area contributed by atoms with E-state index >= 15 is 4.39 Å². The van der Waals surface area contributed by atoms with E-state index in [9.17, 15) is 13.6 Å². The molecule has 36 heavy (non-hydrogen) atoms. The fourth-order valence-electron chi connectivity index (χ4n) is 4.30. The zero-order chi connectivity index (χ0) is 26.6. The highest BCUT2D eigenvalue weighted by atomic mass is 32.2. The van der Waals surface area contributed by atoms with E-state index in [2.05, 4.69) is 4.98 Å². The summed E-state index contributed by atoms with van der Waals surface area (Å²) in [5.41, 5.74) is 2.48. The van der Waals surface area contributed by atoms with Gasteiger partial charge in [0.2, 0.25) is 0 Å². The van der Waals surface area contributed by atoms with Gasteiger partial charge >= 0.3 is 5.97 Å². The lowest BCUT2D eigenvalue weighted by atomic mass is 9.99. The number of halogens is 1. The number of ether oxygens (including phenoxy) is 1. The summed E-state index contributed by atoms with van der Waals surface area (Å²) in [7, 11) is 1.33. The van der Waals surface area contributed by atoms with Crippen molar-refractivity contribution >= 4 is 22.9 Å². The number of nitrogens with zero attached hydrogens (tertiary/aromatic N) is 3. The van der Waals surface area contributed by atoms with Crippen molar-refractivity contribution < 1.29 is 22.7 Å². The molecule has 0 saturated heterocycles. The number of hydrogen-bond acceptors (Lipinski definition) is 4. The zero-order valence-electron chi connectivity index (χ0n) is 21.7. The van der Waals surface area contributed by atoms with Crippen LogP contribution in [0.1, 0.15) is 68.6 Å². The molecule has 0 aliphatic rings. The predicted octanol–water partition coefficient (Wildman–Crippen LogP) is 5.78. The van der Waals surface area contributed by atoms with Crippen LogP contribution in [0.3, 0.4) is 0 Å². The zero-order valence-corrected chi connectivity index (χ0v) is 22.5. The number of carbonyl (C=O) groups is 1. The molecule has 3 aromatic rings. The number of carbonyl (C=O) groups excluding carboxylic acids is 1. The minimum Gasteiger partial charge on any atom is -0.464 e. The molecule has 0 fully saturated rings. The van der Waals surface area contributed by atoms with Crippen LogP contribution in [0.2, 0.25) is 0 Å². The maximum absolute atomic E-state index is 15.5. The molecular weight excluding hydrogens is 481 g/mol. The van der Waals surface area contributed by atoms with Crippen molar-refractivity contribution in [2.24, 2.45) is 0 Å². The van der Waals surface area contributed by atoms with Crippen molar-refractivity contribution in [3.63, 3.8) is 0 Å². The van der Waals surface area contributed by atoms with Crippen LogP contribution in [0.15, 0.2) is 42.5 Å². The average molecular weight is 516 g/mol. The predicted molar refractivity (Wildman–Crippen MR) is 141 cm³/mol. The molecule has 9 heteroatoms. The van der Waals surface area contributed by atoms with E-state index < -0.39 is 28.6 Å². The summed E-state index contributed by atoms with van der Waals surface area (Å²) in [5.74, 6) is -0.221. The van der Waals surface area contributed by atoms with Crippen molar-refractivity contribution in [2.75, 3.05) is 11.4 Å². The number of benzene rings is 2. The Morgan fingerprint density at radius 1 is 1.19 bits per heavy atom. The minimum atomic E-state index is -2.27. The molecule has 1 heterocycles.